The standard InChI is InChI=1S/C10H18N4O4/c1-17-6-7-18-5-3-2-4-11-8-9(15)12-10(16)14-13-8/h2-7H2,1H3,(H,11,13)(H2,12,14,15,16). The molecule has 1 rings (SSSR count). The van der Waals surface area contributed by atoms with Crippen molar-refractivity contribution < 1.29 is 9.47 Å². The van der Waals surface area contributed by atoms with Crippen LogP contribution in [0.5, 0.6) is 0 Å². The third-order valence-corrected chi connectivity index (χ3v) is 2.15. The maximum Gasteiger partial charge on any atom is 0.342 e. The van der Waals surface area contributed by atoms with Crippen LogP contribution in [0.3, 0.4) is 0 Å². The van der Waals surface area contributed by atoms with E-state index in [1.165, 1.54) is 0 Å². The zero-order chi connectivity index (χ0) is 13.2. The monoisotopic (exact) mass is 258 g/mol. The average Bonchev–Trinajstić information content (AvgIpc) is 2.35. The number of nitrogens with zero attached hydrogens (tertiary/aromatic N) is 1. The van der Waals surface area contributed by atoms with Crippen molar-refractivity contribution in [3.63, 3.8) is 0 Å². The van der Waals surface area contributed by atoms with Crippen LogP contribution >= 0.6 is 0 Å². The van der Waals surface area contributed by atoms with Gasteiger partial charge in [-0.2, -0.15) is 0 Å². The number of aromatic nitrogens is 3. The molecule has 0 spiro atoms. The van der Waals surface area contributed by atoms with Crippen molar-refractivity contribution >= 4 is 5.82 Å². The highest BCUT2D eigenvalue weighted by Crippen LogP contribution is 1.93. The van der Waals surface area contributed by atoms with Crippen molar-refractivity contribution in [2.45, 2.75) is 12.8 Å². The molecule has 3 N–H and O–H groups in total. The molecule has 0 radical (unpaired) electrons. The van der Waals surface area contributed by atoms with Gasteiger partial charge in [0.15, 0.2) is 0 Å². The van der Waals surface area contributed by atoms with E-state index in [1.54, 1.807) is 7.11 Å². The van der Waals surface area contributed by atoms with E-state index in [9.17, 15) is 9.59 Å². The summed E-state index contributed by atoms with van der Waals surface area (Å²) in [7, 11) is 1.63. The summed E-state index contributed by atoms with van der Waals surface area (Å²) in [6.07, 6.45) is 1.71. The molecular weight excluding hydrogens is 240 g/mol. The number of H-pyrrole nitrogens is 2. The molecule has 0 aliphatic rings. The second-order valence-electron chi connectivity index (χ2n) is 3.59. The quantitative estimate of drug-likeness (QED) is 0.506. The SMILES string of the molecule is COCCOCCCCNc1n[nH]c(=O)[nH]c1=O. The molecule has 0 aromatic carbocycles. The molecule has 0 bridgehead atoms. The number of rotatable bonds is 9. The van der Waals surface area contributed by atoms with Gasteiger partial charge in [-0.1, -0.05) is 0 Å². The largest absolute Gasteiger partial charge is 0.382 e. The van der Waals surface area contributed by atoms with Crippen molar-refractivity contribution in [3.05, 3.63) is 20.8 Å². The van der Waals surface area contributed by atoms with E-state index in [4.69, 9.17) is 9.47 Å². The second-order valence-corrected chi connectivity index (χ2v) is 3.59. The number of unbranched alkanes of at least 4 members (excludes halogenated alkanes) is 1. The van der Waals surface area contributed by atoms with Crippen LogP contribution in [0.25, 0.3) is 0 Å². The molecule has 1 heterocycles. The molecule has 0 amide bonds. The predicted molar refractivity (Wildman–Crippen MR) is 65.9 cm³/mol. The molecule has 1 aromatic heterocycles. The lowest BCUT2D eigenvalue weighted by Crippen LogP contribution is -2.27. The summed E-state index contributed by atoms with van der Waals surface area (Å²) in [4.78, 5) is 24.0. The van der Waals surface area contributed by atoms with Crippen molar-refractivity contribution in [1.82, 2.24) is 15.2 Å². The third-order valence-electron chi connectivity index (χ3n) is 2.15. The maximum absolute atomic E-state index is 11.2. The van der Waals surface area contributed by atoms with Crippen molar-refractivity contribution in [2.24, 2.45) is 0 Å². The van der Waals surface area contributed by atoms with E-state index < -0.39 is 11.2 Å². The van der Waals surface area contributed by atoms with E-state index in [1.807, 2.05) is 0 Å². The van der Waals surface area contributed by atoms with Gasteiger partial charge in [0.25, 0.3) is 5.56 Å². The van der Waals surface area contributed by atoms with Crippen LogP contribution in [0, 0.1) is 0 Å². The Kier molecular flexibility index (Phi) is 6.74. The van der Waals surface area contributed by atoms with Crippen LogP contribution in [0.1, 0.15) is 12.8 Å². The fraction of sp³-hybridized carbons (Fsp3) is 0.700. The minimum absolute atomic E-state index is 0.120. The summed E-state index contributed by atoms with van der Waals surface area (Å²) < 4.78 is 10.1. The van der Waals surface area contributed by atoms with Crippen LogP contribution in [-0.4, -0.2) is 48.7 Å². The topological polar surface area (TPSA) is 109 Å². The highest BCUT2D eigenvalue weighted by molar-refractivity contribution is 5.28. The van der Waals surface area contributed by atoms with E-state index in [0.29, 0.717) is 26.4 Å². The zero-order valence-electron chi connectivity index (χ0n) is 10.3. The van der Waals surface area contributed by atoms with E-state index in [2.05, 4.69) is 20.5 Å². The highest BCUT2D eigenvalue weighted by atomic mass is 16.5. The lowest BCUT2D eigenvalue weighted by atomic mass is 10.3. The summed E-state index contributed by atoms with van der Waals surface area (Å²) in [5.74, 6) is 0.120. The number of methoxy groups -OCH3 is 1. The van der Waals surface area contributed by atoms with Crippen LogP contribution in [0.2, 0.25) is 0 Å². The third kappa shape index (κ3) is 5.60. The molecule has 0 saturated heterocycles. The number of hydrogen-bond donors (Lipinski definition) is 3. The van der Waals surface area contributed by atoms with Crippen LogP contribution < -0.4 is 16.6 Å². The van der Waals surface area contributed by atoms with Gasteiger partial charge >= 0.3 is 5.69 Å². The molecule has 18 heavy (non-hydrogen) atoms. The lowest BCUT2D eigenvalue weighted by molar-refractivity contribution is 0.0691. The normalized spacial score (nSPS) is 10.5. The Bertz CT molecular complexity index is 442. The Hall–Kier alpha value is -1.67. The summed E-state index contributed by atoms with van der Waals surface area (Å²) in [5, 5.41) is 8.59. The molecule has 8 nitrogen and oxygen atoms in total. The molecular formula is C10H18N4O4. The first-order valence-electron chi connectivity index (χ1n) is 5.73. The molecule has 1 aromatic rings. The number of nitrogens with one attached hydrogen (secondary N) is 3. The molecule has 0 fully saturated rings. The second kappa shape index (κ2) is 8.43. The minimum Gasteiger partial charge on any atom is -0.382 e. The van der Waals surface area contributed by atoms with Crippen molar-refractivity contribution in [2.75, 3.05) is 38.8 Å². The van der Waals surface area contributed by atoms with Gasteiger partial charge < -0.3 is 14.8 Å². The van der Waals surface area contributed by atoms with E-state index in [-0.39, 0.29) is 5.82 Å². The maximum atomic E-state index is 11.2. The summed E-state index contributed by atoms with van der Waals surface area (Å²) >= 11 is 0. The number of ether oxygens (including phenoxy) is 2. The summed E-state index contributed by atoms with van der Waals surface area (Å²) in [6.45, 7) is 2.43. The first kappa shape index (κ1) is 14.4. The van der Waals surface area contributed by atoms with Gasteiger partial charge in [0, 0.05) is 20.3 Å². The van der Waals surface area contributed by atoms with Crippen molar-refractivity contribution in [1.29, 1.82) is 0 Å². The Morgan fingerprint density at radius 2 is 2.06 bits per heavy atom. The molecule has 0 saturated carbocycles. The smallest absolute Gasteiger partial charge is 0.342 e. The Morgan fingerprint density at radius 1 is 1.22 bits per heavy atom. The van der Waals surface area contributed by atoms with Crippen LogP contribution in [0.4, 0.5) is 5.82 Å². The van der Waals surface area contributed by atoms with Gasteiger partial charge in [0.2, 0.25) is 5.82 Å². The Balaban J connectivity index is 2.11. The molecule has 0 aliphatic carbocycles. The molecule has 8 heteroatoms. The number of anilines is 1. The van der Waals surface area contributed by atoms with Crippen LogP contribution in [-0.2, 0) is 9.47 Å². The van der Waals surface area contributed by atoms with Gasteiger partial charge in [-0.15, -0.1) is 5.10 Å². The van der Waals surface area contributed by atoms with E-state index >= 15 is 0 Å². The summed E-state index contributed by atoms with van der Waals surface area (Å²) in [6, 6.07) is 0. The van der Waals surface area contributed by atoms with E-state index in [0.717, 1.165) is 12.8 Å². The number of hydrogen-bond acceptors (Lipinski definition) is 6. The van der Waals surface area contributed by atoms with Gasteiger partial charge in [0.05, 0.1) is 13.2 Å². The average molecular weight is 258 g/mol. The van der Waals surface area contributed by atoms with Gasteiger partial charge in [-0.25, -0.2) is 9.89 Å². The molecule has 0 aliphatic heterocycles. The van der Waals surface area contributed by atoms with Crippen molar-refractivity contribution in [3.8, 4) is 0 Å². The van der Waals surface area contributed by atoms with Crippen LogP contribution in [0.15, 0.2) is 9.59 Å². The summed E-state index contributed by atoms with van der Waals surface area (Å²) in [5.41, 5.74) is -1.13. The molecule has 0 unspecified atom stereocenters. The zero-order valence-corrected chi connectivity index (χ0v) is 10.3. The molecule has 102 valence electrons. The van der Waals surface area contributed by atoms with Gasteiger partial charge in [-0.05, 0) is 12.8 Å². The number of aromatic amines is 2. The fourth-order valence-electron chi connectivity index (χ4n) is 1.25. The van der Waals surface area contributed by atoms with Gasteiger partial charge in [0.1, 0.15) is 0 Å². The Labute approximate surface area is 104 Å². The highest BCUT2D eigenvalue weighted by Gasteiger charge is 2.00. The fourth-order valence-corrected chi connectivity index (χ4v) is 1.25. The molecule has 0 atom stereocenters. The first-order chi connectivity index (χ1) is 8.74. The predicted octanol–water partition coefficient (Wildman–Crippen LogP) is -0.687. The van der Waals surface area contributed by atoms with Gasteiger partial charge in [-0.3, -0.25) is 9.78 Å². The first-order valence-corrected chi connectivity index (χ1v) is 5.73. The Morgan fingerprint density at radius 3 is 2.78 bits per heavy atom. The lowest BCUT2D eigenvalue weighted by Gasteiger charge is -2.04. The minimum atomic E-state index is -0.614.